The Balaban J connectivity index is 1.66. The summed E-state index contributed by atoms with van der Waals surface area (Å²) in [5, 5.41) is 5.27. The summed E-state index contributed by atoms with van der Waals surface area (Å²) in [7, 11) is -7.65. The molecule has 0 saturated carbocycles. The highest BCUT2D eigenvalue weighted by Crippen LogP contribution is 2.23. The molecule has 4 rings (SSSR count). The van der Waals surface area contributed by atoms with Crippen molar-refractivity contribution >= 4 is 47.5 Å². The molecule has 1 aliphatic rings. The van der Waals surface area contributed by atoms with Crippen LogP contribution in [0.2, 0.25) is 0 Å². The third kappa shape index (κ3) is 6.22. The number of carbonyl (C=O) groups excluding carboxylic acids is 1. The van der Waals surface area contributed by atoms with E-state index in [4.69, 9.17) is 14.6 Å². The lowest BCUT2D eigenvalue weighted by Crippen LogP contribution is -2.48. The van der Waals surface area contributed by atoms with Crippen LogP contribution in [0.1, 0.15) is 31.1 Å². The van der Waals surface area contributed by atoms with Crippen LogP contribution >= 0.6 is 11.3 Å². The number of nitrogens with two attached hydrogens (primary N) is 1. The van der Waals surface area contributed by atoms with E-state index in [1.165, 1.54) is 40.7 Å². The van der Waals surface area contributed by atoms with Gasteiger partial charge < -0.3 is 14.0 Å². The molecule has 2 N–H and O–H groups in total. The van der Waals surface area contributed by atoms with Crippen LogP contribution in [0.15, 0.2) is 57.2 Å². The van der Waals surface area contributed by atoms with Gasteiger partial charge in [-0.15, -0.1) is 0 Å². The van der Waals surface area contributed by atoms with Crippen LogP contribution < -0.4 is 9.94 Å². The van der Waals surface area contributed by atoms with Crippen molar-refractivity contribution in [2.24, 2.45) is 10.1 Å². The van der Waals surface area contributed by atoms with E-state index in [0.29, 0.717) is 34.8 Å². The number of amides is 1. The highest BCUT2D eigenvalue weighted by molar-refractivity contribution is 7.89. The van der Waals surface area contributed by atoms with Crippen molar-refractivity contribution in [2.75, 3.05) is 26.3 Å². The van der Waals surface area contributed by atoms with Crippen LogP contribution in [0.3, 0.4) is 0 Å². The maximum atomic E-state index is 13.1. The molecule has 0 radical (unpaired) electrons. The lowest BCUT2D eigenvalue weighted by molar-refractivity contribution is -0.0440. The van der Waals surface area contributed by atoms with Crippen molar-refractivity contribution in [3.8, 4) is 0 Å². The van der Waals surface area contributed by atoms with Crippen LogP contribution in [0.25, 0.3) is 10.2 Å². The number of hydrogen-bond acceptors (Lipinski definition) is 8. The van der Waals surface area contributed by atoms with Crippen LogP contribution in [0.4, 0.5) is 0 Å². The Labute approximate surface area is 225 Å². The van der Waals surface area contributed by atoms with E-state index in [1.54, 1.807) is 10.6 Å². The van der Waals surface area contributed by atoms with Crippen LogP contribution in [0, 0.1) is 0 Å². The molecule has 38 heavy (non-hydrogen) atoms. The molecule has 14 heteroatoms. The SMILES string of the molecule is CCOCCn1c(=NC(=O)c2ccc(S(=O)(=O)N3CC(C)OC(C)C3)cc2)sc2cc(S(N)(=O)=O)ccc21. The molecule has 11 nitrogen and oxygen atoms in total. The summed E-state index contributed by atoms with van der Waals surface area (Å²) in [5.74, 6) is -0.564. The molecule has 1 saturated heterocycles. The molecule has 1 aromatic heterocycles. The van der Waals surface area contributed by atoms with E-state index in [9.17, 15) is 21.6 Å². The van der Waals surface area contributed by atoms with Crippen LogP contribution in [-0.2, 0) is 36.1 Å². The third-order valence-corrected chi connectivity index (χ3v) is 9.77. The topological polar surface area (TPSA) is 150 Å². The van der Waals surface area contributed by atoms with Crippen molar-refractivity contribution in [1.29, 1.82) is 0 Å². The van der Waals surface area contributed by atoms with Gasteiger partial charge in [-0.3, -0.25) is 4.79 Å². The van der Waals surface area contributed by atoms with Gasteiger partial charge in [-0.2, -0.15) is 9.30 Å². The number of ether oxygens (including phenoxy) is 2. The Morgan fingerprint density at radius 3 is 2.32 bits per heavy atom. The number of carbonyl (C=O) groups is 1. The predicted molar refractivity (Wildman–Crippen MR) is 143 cm³/mol. The Kier molecular flexibility index (Phi) is 8.52. The Hall–Kier alpha value is -2.46. The largest absolute Gasteiger partial charge is 0.380 e. The molecular formula is C24H30N4O7S3. The van der Waals surface area contributed by atoms with Gasteiger partial charge in [0.25, 0.3) is 5.91 Å². The number of benzene rings is 2. The summed E-state index contributed by atoms with van der Waals surface area (Å²) >= 11 is 1.15. The second-order valence-electron chi connectivity index (χ2n) is 8.93. The maximum Gasteiger partial charge on any atom is 0.279 e. The van der Waals surface area contributed by atoms with Gasteiger partial charge >= 0.3 is 0 Å². The smallest absolute Gasteiger partial charge is 0.279 e. The number of hydrogen-bond donors (Lipinski definition) is 1. The molecule has 2 atom stereocenters. The zero-order chi connectivity index (χ0) is 27.7. The van der Waals surface area contributed by atoms with Crippen molar-refractivity contribution < 1.29 is 31.1 Å². The molecule has 0 aliphatic carbocycles. The second-order valence-corrected chi connectivity index (χ2v) is 13.4. The number of rotatable bonds is 8. The molecule has 2 heterocycles. The first-order valence-electron chi connectivity index (χ1n) is 12.0. The first kappa shape index (κ1) is 28.5. The summed E-state index contributed by atoms with van der Waals surface area (Å²) < 4.78 is 64.7. The zero-order valence-corrected chi connectivity index (χ0v) is 23.7. The van der Waals surface area contributed by atoms with E-state index in [-0.39, 0.29) is 40.7 Å². The zero-order valence-electron chi connectivity index (χ0n) is 21.2. The highest BCUT2D eigenvalue weighted by atomic mass is 32.2. The van der Waals surface area contributed by atoms with Crippen molar-refractivity contribution in [2.45, 2.75) is 49.3 Å². The Morgan fingerprint density at radius 2 is 1.71 bits per heavy atom. The molecule has 2 unspecified atom stereocenters. The fourth-order valence-electron chi connectivity index (χ4n) is 4.23. The second kappa shape index (κ2) is 11.3. The number of sulfonamides is 2. The molecular weight excluding hydrogens is 552 g/mol. The van der Waals surface area contributed by atoms with Gasteiger partial charge in [0.15, 0.2) is 4.80 Å². The first-order valence-corrected chi connectivity index (χ1v) is 15.8. The fraction of sp³-hybridized carbons (Fsp3) is 0.417. The number of aromatic nitrogens is 1. The van der Waals surface area contributed by atoms with Gasteiger partial charge in [-0.1, -0.05) is 11.3 Å². The van der Waals surface area contributed by atoms with E-state index in [0.717, 1.165) is 11.3 Å². The van der Waals surface area contributed by atoms with Gasteiger partial charge in [-0.05, 0) is 63.2 Å². The average molecular weight is 583 g/mol. The molecule has 3 aromatic rings. The quantitative estimate of drug-likeness (QED) is 0.399. The van der Waals surface area contributed by atoms with Crippen molar-refractivity contribution in [3.63, 3.8) is 0 Å². The van der Waals surface area contributed by atoms with Gasteiger partial charge in [0.2, 0.25) is 20.0 Å². The fourth-order valence-corrected chi connectivity index (χ4v) is 7.53. The number of primary sulfonamides is 1. The molecule has 0 spiro atoms. The lowest BCUT2D eigenvalue weighted by atomic mass is 10.2. The number of morpholine rings is 1. The minimum Gasteiger partial charge on any atom is -0.380 e. The van der Waals surface area contributed by atoms with E-state index in [2.05, 4.69) is 4.99 Å². The average Bonchev–Trinajstić information content (AvgIpc) is 3.19. The minimum absolute atomic E-state index is 0.0399. The molecule has 1 aliphatic heterocycles. The lowest BCUT2D eigenvalue weighted by Gasteiger charge is -2.34. The van der Waals surface area contributed by atoms with E-state index >= 15 is 0 Å². The summed E-state index contributed by atoms with van der Waals surface area (Å²) in [4.78, 5) is 17.7. The molecule has 206 valence electrons. The van der Waals surface area contributed by atoms with E-state index < -0.39 is 26.0 Å². The van der Waals surface area contributed by atoms with Crippen molar-refractivity contribution in [1.82, 2.24) is 8.87 Å². The summed E-state index contributed by atoms with van der Waals surface area (Å²) in [5.41, 5.74) is 0.899. The molecule has 1 amide bonds. The van der Waals surface area contributed by atoms with Crippen molar-refractivity contribution in [3.05, 3.63) is 52.8 Å². The molecule has 2 aromatic carbocycles. The maximum absolute atomic E-state index is 13.1. The summed E-state index contributed by atoms with van der Waals surface area (Å²) in [6.07, 6.45) is -0.435. The summed E-state index contributed by atoms with van der Waals surface area (Å²) in [6.45, 7) is 7.30. The molecule has 1 fully saturated rings. The summed E-state index contributed by atoms with van der Waals surface area (Å²) in [6, 6.07) is 10.1. The normalized spacial score (nSPS) is 19.7. The third-order valence-electron chi connectivity index (χ3n) is 5.97. The van der Waals surface area contributed by atoms with Crippen LogP contribution in [-0.4, -0.2) is 70.1 Å². The van der Waals surface area contributed by atoms with Gasteiger partial charge in [0.05, 0.1) is 38.8 Å². The monoisotopic (exact) mass is 582 g/mol. The number of fused-ring (bicyclic) bond motifs is 1. The molecule has 0 bridgehead atoms. The van der Waals surface area contributed by atoms with Gasteiger partial charge in [-0.25, -0.2) is 22.0 Å². The van der Waals surface area contributed by atoms with Crippen LogP contribution in [0.5, 0.6) is 0 Å². The number of thiazole rings is 1. The Bertz CT molecular complexity index is 1600. The minimum atomic E-state index is -3.90. The predicted octanol–water partition coefficient (Wildman–Crippen LogP) is 1.93. The standard InChI is InChI=1S/C24H30N4O7S3/c1-4-34-12-11-28-21-10-9-20(37(25,30)31)13-22(21)36-24(28)26-23(29)18-5-7-19(8-6-18)38(32,33)27-14-16(2)35-17(3)15-27/h5-10,13,16-17H,4,11-12,14-15H2,1-3H3,(H2,25,30,31). The first-order chi connectivity index (χ1) is 17.9. The van der Waals surface area contributed by atoms with Gasteiger partial charge in [0, 0.05) is 31.8 Å². The highest BCUT2D eigenvalue weighted by Gasteiger charge is 2.32. The number of nitrogens with zero attached hydrogens (tertiary/aromatic N) is 3. The van der Waals surface area contributed by atoms with E-state index in [1.807, 2.05) is 20.8 Å². The van der Waals surface area contributed by atoms with Gasteiger partial charge in [0.1, 0.15) is 0 Å². The Morgan fingerprint density at radius 1 is 1.08 bits per heavy atom.